The summed E-state index contributed by atoms with van der Waals surface area (Å²) in [6.07, 6.45) is 0.0484. The van der Waals surface area contributed by atoms with Gasteiger partial charge in [-0.3, -0.25) is 9.59 Å². The first-order valence-corrected chi connectivity index (χ1v) is 10.1. The summed E-state index contributed by atoms with van der Waals surface area (Å²) >= 11 is 1.20. The fourth-order valence-corrected chi connectivity index (χ4v) is 3.88. The number of thioether (sulfide) groups is 1. The predicted molar refractivity (Wildman–Crippen MR) is 112 cm³/mol. The molecular weight excluding hydrogens is 374 g/mol. The zero-order valence-electron chi connectivity index (χ0n) is 16.1. The van der Waals surface area contributed by atoms with Crippen molar-refractivity contribution in [1.82, 2.24) is 0 Å². The van der Waals surface area contributed by atoms with Gasteiger partial charge < -0.3 is 9.84 Å². The van der Waals surface area contributed by atoms with Crippen molar-refractivity contribution in [3.63, 3.8) is 0 Å². The van der Waals surface area contributed by atoms with Crippen molar-refractivity contribution in [2.75, 3.05) is 17.3 Å². The van der Waals surface area contributed by atoms with Crippen molar-refractivity contribution in [1.29, 1.82) is 0 Å². The van der Waals surface area contributed by atoms with E-state index >= 15 is 0 Å². The van der Waals surface area contributed by atoms with Gasteiger partial charge in [-0.25, -0.2) is 4.90 Å². The number of anilines is 1. The fraction of sp³-hybridized carbons (Fsp3) is 0.273. The number of aliphatic hydroxyl groups is 1. The molecule has 0 atom stereocenters. The average molecular weight is 397 g/mol. The first-order chi connectivity index (χ1) is 13.4. The van der Waals surface area contributed by atoms with Gasteiger partial charge in [0.25, 0.3) is 11.8 Å². The number of carbonyl (C=O) groups excluding carboxylic acids is 2. The Balaban J connectivity index is 2.00. The Hall–Kier alpha value is -2.57. The topological polar surface area (TPSA) is 66.8 Å². The molecule has 6 heteroatoms. The molecule has 1 N–H and O–H groups in total. The number of amides is 2. The highest BCUT2D eigenvalue weighted by Gasteiger charge is 2.40. The number of aliphatic hydroxyl groups excluding tert-OH is 1. The summed E-state index contributed by atoms with van der Waals surface area (Å²) in [6, 6.07) is 14.5. The molecule has 0 bridgehead atoms. The summed E-state index contributed by atoms with van der Waals surface area (Å²) < 4.78 is 5.66. The van der Waals surface area contributed by atoms with Gasteiger partial charge in [0.05, 0.1) is 28.9 Å². The zero-order chi connectivity index (χ0) is 20.3. The van der Waals surface area contributed by atoms with Crippen LogP contribution in [0.3, 0.4) is 0 Å². The number of benzene rings is 2. The maximum atomic E-state index is 13.2. The van der Waals surface area contributed by atoms with Crippen LogP contribution in [0.5, 0.6) is 5.75 Å². The Morgan fingerprint density at radius 2 is 1.79 bits per heavy atom. The number of rotatable bonds is 7. The minimum Gasteiger partial charge on any atom is -0.491 e. The molecule has 1 aliphatic heterocycles. The summed E-state index contributed by atoms with van der Waals surface area (Å²) in [4.78, 5) is 27.8. The largest absolute Gasteiger partial charge is 0.491 e. The molecule has 0 fully saturated rings. The lowest BCUT2D eigenvalue weighted by Crippen LogP contribution is -2.31. The van der Waals surface area contributed by atoms with E-state index < -0.39 is 0 Å². The highest BCUT2D eigenvalue weighted by molar-refractivity contribution is 8.04. The molecule has 2 aromatic rings. The van der Waals surface area contributed by atoms with Gasteiger partial charge in [0.2, 0.25) is 0 Å². The lowest BCUT2D eigenvalue weighted by atomic mass is 10.1. The van der Waals surface area contributed by atoms with E-state index in [1.807, 2.05) is 39.0 Å². The number of nitrogens with zero attached hydrogens (tertiary/aromatic N) is 1. The summed E-state index contributed by atoms with van der Waals surface area (Å²) in [5.41, 5.74) is 2.53. The Morgan fingerprint density at radius 3 is 2.39 bits per heavy atom. The van der Waals surface area contributed by atoms with Gasteiger partial charge >= 0.3 is 0 Å². The van der Waals surface area contributed by atoms with Crippen molar-refractivity contribution in [2.45, 2.75) is 26.9 Å². The second-order valence-electron chi connectivity index (χ2n) is 6.75. The molecule has 0 aliphatic carbocycles. The second-order valence-corrected chi connectivity index (χ2v) is 7.86. The molecule has 146 valence electrons. The Kier molecular flexibility index (Phi) is 6.21. The Morgan fingerprint density at radius 1 is 1.07 bits per heavy atom. The van der Waals surface area contributed by atoms with E-state index in [9.17, 15) is 14.7 Å². The van der Waals surface area contributed by atoms with E-state index in [1.165, 1.54) is 16.7 Å². The molecule has 1 aliphatic rings. The lowest BCUT2D eigenvalue weighted by molar-refractivity contribution is -0.119. The average Bonchev–Trinajstić information content (AvgIpc) is 2.90. The van der Waals surface area contributed by atoms with E-state index in [0.29, 0.717) is 33.2 Å². The predicted octanol–water partition coefficient (Wildman–Crippen LogP) is 3.79. The molecule has 1 heterocycles. The van der Waals surface area contributed by atoms with Crippen LogP contribution >= 0.6 is 11.8 Å². The number of imide groups is 1. The van der Waals surface area contributed by atoms with Gasteiger partial charge in [-0.1, -0.05) is 24.3 Å². The van der Waals surface area contributed by atoms with Crippen LogP contribution in [-0.2, 0) is 9.59 Å². The van der Waals surface area contributed by atoms with Crippen LogP contribution in [0.2, 0.25) is 0 Å². The zero-order valence-corrected chi connectivity index (χ0v) is 17.0. The molecule has 2 amide bonds. The fourth-order valence-electron chi connectivity index (χ4n) is 3.02. The third-order valence-electron chi connectivity index (χ3n) is 4.15. The molecule has 3 rings (SSSR count). The molecule has 0 radical (unpaired) electrons. The molecule has 0 saturated carbocycles. The number of hydrogen-bond donors (Lipinski definition) is 1. The summed E-state index contributed by atoms with van der Waals surface area (Å²) in [5, 5.41) is 9.21. The second kappa shape index (κ2) is 8.63. The smallest absolute Gasteiger partial charge is 0.272 e. The molecule has 0 saturated heterocycles. The number of hydrogen-bond acceptors (Lipinski definition) is 5. The van der Waals surface area contributed by atoms with Gasteiger partial charge in [0, 0.05) is 5.75 Å². The first-order valence-electron chi connectivity index (χ1n) is 9.13. The number of ether oxygens (including phenoxy) is 1. The highest BCUT2D eigenvalue weighted by atomic mass is 32.2. The third kappa shape index (κ3) is 4.13. The normalized spacial score (nSPS) is 14.4. The van der Waals surface area contributed by atoms with Crippen LogP contribution in [0, 0.1) is 6.92 Å². The maximum Gasteiger partial charge on any atom is 0.272 e. The summed E-state index contributed by atoms with van der Waals surface area (Å²) in [6.45, 7) is 5.73. The molecular formula is C22H23NO4S. The molecule has 2 aromatic carbocycles. The Bertz CT molecular complexity index is 918. The monoisotopic (exact) mass is 397 g/mol. The quantitative estimate of drug-likeness (QED) is 0.720. The van der Waals surface area contributed by atoms with Crippen LogP contribution < -0.4 is 9.64 Å². The molecule has 0 unspecified atom stereocenters. The van der Waals surface area contributed by atoms with Crippen molar-refractivity contribution in [2.24, 2.45) is 0 Å². The SMILES string of the molecule is Cc1cccc(N2C(=O)C(SCCO)=C(c3ccc(OC(C)C)cc3)C2=O)c1. The first kappa shape index (κ1) is 20.2. The summed E-state index contributed by atoms with van der Waals surface area (Å²) in [5.74, 6) is 0.338. The maximum absolute atomic E-state index is 13.2. The van der Waals surface area contributed by atoms with Gasteiger partial charge in [-0.2, -0.15) is 0 Å². The molecule has 5 nitrogen and oxygen atoms in total. The van der Waals surface area contributed by atoms with Gasteiger partial charge in [-0.15, -0.1) is 11.8 Å². The molecule has 0 aromatic heterocycles. The third-order valence-corrected chi connectivity index (χ3v) is 5.21. The van der Waals surface area contributed by atoms with Crippen LogP contribution in [0.1, 0.15) is 25.0 Å². The lowest BCUT2D eigenvalue weighted by Gasteiger charge is -2.16. The van der Waals surface area contributed by atoms with Crippen molar-refractivity contribution in [3.05, 3.63) is 64.6 Å². The van der Waals surface area contributed by atoms with Crippen LogP contribution in [0.15, 0.2) is 53.4 Å². The number of aryl methyl sites for hydroxylation is 1. The van der Waals surface area contributed by atoms with Crippen LogP contribution in [0.25, 0.3) is 5.57 Å². The van der Waals surface area contributed by atoms with E-state index in [1.54, 1.807) is 30.3 Å². The summed E-state index contributed by atoms with van der Waals surface area (Å²) in [7, 11) is 0. The van der Waals surface area contributed by atoms with E-state index in [0.717, 1.165) is 5.56 Å². The highest BCUT2D eigenvalue weighted by Crippen LogP contribution is 2.38. The van der Waals surface area contributed by atoms with Crippen molar-refractivity contribution in [3.8, 4) is 5.75 Å². The van der Waals surface area contributed by atoms with Crippen molar-refractivity contribution < 1.29 is 19.4 Å². The van der Waals surface area contributed by atoms with Crippen LogP contribution in [0.4, 0.5) is 5.69 Å². The van der Waals surface area contributed by atoms with Crippen molar-refractivity contribution >= 4 is 34.8 Å². The molecule has 28 heavy (non-hydrogen) atoms. The van der Waals surface area contributed by atoms with Gasteiger partial charge in [-0.05, 0) is 56.2 Å². The van der Waals surface area contributed by atoms with Gasteiger partial charge in [0.1, 0.15) is 5.75 Å². The molecule has 0 spiro atoms. The van der Waals surface area contributed by atoms with E-state index in [4.69, 9.17) is 4.74 Å². The minimum absolute atomic E-state index is 0.0484. The standard InChI is InChI=1S/C22H23NO4S/c1-14(2)27-18-9-7-16(8-10-18)19-20(28-12-11-24)22(26)23(21(19)25)17-6-4-5-15(3)13-17/h4-10,13-14,24H,11-12H2,1-3H3. The number of carbonyl (C=O) groups is 2. The van der Waals surface area contributed by atoms with Crippen LogP contribution in [-0.4, -0.2) is 35.4 Å². The Labute approximate surface area is 169 Å². The van der Waals surface area contributed by atoms with E-state index in [2.05, 4.69) is 0 Å². The minimum atomic E-state index is -0.355. The van der Waals surface area contributed by atoms with Gasteiger partial charge in [0.15, 0.2) is 0 Å². The van der Waals surface area contributed by atoms with E-state index in [-0.39, 0.29) is 24.5 Å².